The van der Waals surface area contributed by atoms with E-state index in [1.165, 1.54) is 6.92 Å². The number of carbonyl (C=O) groups is 2. The number of rotatable bonds is 5. The maximum atomic E-state index is 11.6. The van der Waals surface area contributed by atoms with Crippen LogP contribution >= 0.6 is 0 Å². The molecule has 0 heterocycles. The predicted molar refractivity (Wildman–Crippen MR) is 46.8 cm³/mol. The summed E-state index contributed by atoms with van der Waals surface area (Å²) in [6, 6.07) is 0. The summed E-state index contributed by atoms with van der Waals surface area (Å²) in [6.45, 7) is -0.289. The van der Waals surface area contributed by atoms with Crippen molar-refractivity contribution in [2.45, 2.75) is 19.5 Å². The van der Waals surface area contributed by atoms with E-state index in [-0.39, 0.29) is 13.0 Å². The molecule has 0 bridgehead atoms. The Morgan fingerprint density at radius 1 is 1.44 bits per heavy atom. The average molecular weight is 243 g/mol. The van der Waals surface area contributed by atoms with Crippen LogP contribution in [-0.2, 0) is 9.53 Å². The highest BCUT2D eigenvalue weighted by Gasteiger charge is 2.29. The molecule has 0 rings (SSSR count). The first-order valence-electron chi connectivity index (χ1n) is 4.42. The van der Waals surface area contributed by atoms with Gasteiger partial charge in [-0.2, -0.15) is 13.2 Å². The minimum absolute atomic E-state index is 0.0514. The van der Waals surface area contributed by atoms with Gasteiger partial charge in [-0.1, -0.05) is 6.92 Å². The topological polar surface area (TPSA) is 75.6 Å². The zero-order chi connectivity index (χ0) is 12.8. The highest BCUT2D eigenvalue weighted by molar-refractivity contribution is 5.70. The number of hydrogen-bond acceptors (Lipinski definition) is 3. The molecule has 8 heteroatoms. The standard InChI is InChI=1S/C8H12F3NO4/c1-5(6(13)14)2-3-12-7(15)16-4-8(9,10)11/h5H,2-4H2,1H3,(H,12,15)(H,13,14). The van der Waals surface area contributed by atoms with Crippen molar-refractivity contribution in [2.24, 2.45) is 5.92 Å². The first-order chi connectivity index (χ1) is 7.22. The summed E-state index contributed by atoms with van der Waals surface area (Å²) in [5.74, 6) is -1.71. The Kier molecular flexibility index (Phi) is 5.62. The Labute approximate surface area is 89.6 Å². The zero-order valence-corrected chi connectivity index (χ0v) is 8.50. The Morgan fingerprint density at radius 3 is 2.44 bits per heavy atom. The first kappa shape index (κ1) is 14.5. The van der Waals surface area contributed by atoms with Gasteiger partial charge >= 0.3 is 18.2 Å². The molecule has 0 aromatic rings. The van der Waals surface area contributed by atoms with Crippen LogP contribution in [0.3, 0.4) is 0 Å². The monoisotopic (exact) mass is 243 g/mol. The van der Waals surface area contributed by atoms with E-state index < -0.39 is 30.8 Å². The molecule has 94 valence electrons. The summed E-state index contributed by atoms with van der Waals surface area (Å²) in [5.41, 5.74) is 0. The van der Waals surface area contributed by atoms with Crippen molar-refractivity contribution in [3.8, 4) is 0 Å². The fraction of sp³-hybridized carbons (Fsp3) is 0.750. The molecule has 1 atom stereocenters. The van der Waals surface area contributed by atoms with Gasteiger partial charge < -0.3 is 15.2 Å². The van der Waals surface area contributed by atoms with Crippen molar-refractivity contribution in [3.05, 3.63) is 0 Å². The van der Waals surface area contributed by atoms with Gasteiger partial charge in [-0.25, -0.2) is 4.79 Å². The second-order valence-corrected chi connectivity index (χ2v) is 3.15. The summed E-state index contributed by atoms with van der Waals surface area (Å²) in [4.78, 5) is 21.0. The zero-order valence-electron chi connectivity index (χ0n) is 8.50. The van der Waals surface area contributed by atoms with Crippen LogP contribution in [0.4, 0.5) is 18.0 Å². The fourth-order valence-electron chi connectivity index (χ4n) is 0.713. The minimum Gasteiger partial charge on any atom is -0.481 e. The number of carbonyl (C=O) groups excluding carboxylic acids is 1. The third-order valence-electron chi connectivity index (χ3n) is 1.64. The molecule has 16 heavy (non-hydrogen) atoms. The van der Waals surface area contributed by atoms with Crippen LogP contribution in [0.15, 0.2) is 0 Å². The molecule has 0 fully saturated rings. The quantitative estimate of drug-likeness (QED) is 0.765. The molecule has 1 amide bonds. The average Bonchev–Trinajstić information content (AvgIpc) is 2.13. The number of alkyl halides is 3. The second kappa shape index (κ2) is 6.19. The molecule has 0 aliphatic heterocycles. The molecule has 5 nitrogen and oxygen atoms in total. The van der Waals surface area contributed by atoms with Gasteiger partial charge in [0.2, 0.25) is 0 Å². The van der Waals surface area contributed by atoms with Crippen LogP contribution in [0.1, 0.15) is 13.3 Å². The van der Waals surface area contributed by atoms with Gasteiger partial charge in [-0.3, -0.25) is 4.79 Å². The third-order valence-corrected chi connectivity index (χ3v) is 1.64. The SMILES string of the molecule is CC(CCNC(=O)OCC(F)(F)F)C(=O)O. The van der Waals surface area contributed by atoms with Gasteiger partial charge in [0.05, 0.1) is 5.92 Å². The number of carboxylic acids is 1. The number of alkyl carbamates (subject to hydrolysis) is 1. The van der Waals surface area contributed by atoms with E-state index >= 15 is 0 Å². The predicted octanol–water partition coefficient (Wildman–Crippen LogP) is 1.39. The van der Waals surface area contributed by atoms with E-state index in [9.17, 15) is 22.8 Å². The summed E-state index contributed by atoms with van der Waals surface area (Å²) in [6.07, 6.45) is -5.66. The van der Waals surface area contributed by atoms with E-state index in [0.29, 0.717) is 0 Å². The van der Waals surface area contributed by atoms with Crippen molar-refractivity contribution in [2.75, 3.05) is 13.2 Å². The molecular weight excluding hydrogens is 231 g/mol. The number of ether oxygens (including phenoxy) is 1. The van der Waals surface area contributed by atoms with Crippen molar-refractivity contribution in [3.63, 3.8) is 0 Å². The summed E-state index contributed by atoms with van der Waals surface area (Å²) >= 11 is 0. The molecule has 0 aliphatic carbocycles. The van der Waals surface area contributed by atoms with Gasteiger partial charge in [0.25, 0.3) is 0 Å². The lowest BCUT2D eigenvalue weighted by Gasteiger charge is -2.10. The van der Waals surface area contributed by atoms with E-state index in [1.807, 2.05) is 5.32 Å². The molecule has 0 aromatic heterocycles. The van der Waals surface area contributed by atoms with Gasteiger partial charge in [-0.15, -0.1) is 0 Å². The van der Waals surface area contributed by atoms with Gasteiger partial charge in [-0.05, 0) is 6.42 Å². The van der Waals surface area contributed by atoms with Crippen molar-refractivity contribution < 1.29 is 32.6 Å². The number of nitrogens with one attached hydrogen (secondary N) is 1. The van der Waals surface area contributed by atoms with E-state index in [0.717, 1.165) is 0 Å². The lowest BCUT2D eigenvalue weighted by molar-refractivity contribution is -0.160. The van der Waals surface area contributed by atoms with E-state index in [2.05, 4.69) is 4.74 Å². The highest BCUT2D eigenvalue weighted by atomic mass is 19.4. The number of hydrogen-bond donors (Lipinski definition) is 2. The summed E-state index contributed by atoms with van der Waals surface area (Å²) in [5, 5.41) is 10.5. The molecule has 2 N–H and O–H groups in total. The Hall–Kier alpha value is -1.47. The minimum atomic E-state index is -4.56. The van der Waals surface area contributed by atoms with Crippen LogP contribution in [0.25, 0.3) is 0 Å². The van der Waals surface area contributed by atoms with Crippen molar-refractivity contribution in [1.29, 1.82) is 0 Å². The number of amides is 1. The number of carboxylic acid groups (broad SMARTS) is 1. The summed E-state index contributed by atoms with van der Waals surface area (Å²) < 4.78 is 38.6. The lowest BCUT2D eigenvalue weighted by Crippen LogP contribution is -2.30. The first-order valence-corrected chi connectivity index (χ1v) is 4.42. The Balaban J connectivity index is 3.63. The van der Waals surface area contributed by atoms with Crippen LogP contribution < -0.4 is 5.32 Å². The van der Waals surface area contributed by atoms with E-state index in [4.69, 9.17) is 5.11 Å². The number of aliphatic carboxylic acids is 1. The van der Waals surface area contributed by atoms with Crippen LogP contribution in [0.2, 0.25) is 0 Å². The van der Waals surface area contributed by atoms with Crippen LogP contribution in [0.5, 0.6) is 0 Å². The molecule has 0 saturated heterocycles. The number of halogens is 3. The summed E-state index contributed by atoms with van der Waals surface area (Å²) in [7, 11) is 0. The van der Waals surface area contributed by atoms with Crippen LogP contribution in [0, 0.1) is 5.92 Å². The third kappa shape index (κ3) is 7.89. The highest BCUT2D eigenvalue weighted by Crippen LogP contribution is 2.14. The second-order valence-electron chi connectivity index (χ2n) is 3.15. The molecule has 0 radical (unpaired) electrons. The molecule has 0 saturated carbocycles. The molecular formula is C8H12F3NO4. The fourth-order valence-corrected chi connectivity index (χ4v) is 0.713. The van der Waals surface area contributed by atoms with Crippen molar-refractivity contribution >= 4 is 12.1 Å². The largest absolute Gasteiger partial charge is 0.481 e. The molecule has 1 unspecified atom stereocenters. The Morgan fingerprint density at radius 2 is 2.00 bits per heavy atom. The Bertz CT molecular complexity index is 254. The maximum Gasteiger partial charge on any atom is 0.422 e. The van der Waals surface area contributed by atoms with Crippen molar-refractivity contribution in [1.82, 2.24) is 5.32 Å². The normalized spacial score (nSPS) is 13.0. The van der Waals surface area contributed by atoms with Gasteiger partial charge in [0, 0.05) is 6.54 Å². The van der Waals surface area contributed by atoms with Gasteiger partial charge in [0.15, 0.2) is 6.61 Å². The maximum absolute atomic E-state index is 11.6. The lowest BCUT2D eigenvalue weighted by atomic mass is 10.1. The molecule has 0 aromatic carbocycles. The smallest absolute Gasteiger partial charge is 0.422 e. The van der Waals surface area contributed by atoms with Gasteiger partial charge in [0.1, 0.15) is 0 Å². The molecule has 0 aliphatic rings. The van der Waals surface area contributed by atoms with Crippen LogP contribution in [-0.4, -0.2) is 36.5 Å². The molecule has 0 spiro atoms. The van der Waals surface area contributed by atoms with E-state index in [1.54, 1.807) is 0 Å².